The second-order valence-electron chi connectivity index (χ2n) is 14.4. The molecule has 0 unspecified atom stereocenters. The summed E-state index contributed by atoms with van der Waals surface area (Å²) in [7, 11) is 0. The van der Waals surface area contributed by atoms with E-state index in [-0.39, 0.29) is 5.41 Å². The molecule has 8 aromatic carbocycles. The molecule has 0 bridgehead atoms. The Hall–Kier alpha value is -6.16. The van der Waals surface area contributed by atoms with Crippen LogP contribution in [-0.4, -0.2) is 0 Å². The summed E-state index contributed by atoms with van der Waals surface area (Å²) in [5, 5.41) is 7.21. The highest BCUT2D eigenvalue weighted by Gasteiger charge is 2.36. The van der Waals surface area contributed by atoms with Crippen molar-refractivity contribution in [1.29, 1.82) is 0 Å². The lowest BCUT2D eigenvalue weighted by molar-refractivity contribution is 0.660. The van der Waals surface area contributed by atoms with Gasteiger partial charge < -0.3 is 9.32 Å². The highest BCUT2D eigenvalue weighted by Crippen LogP contribution is 2.53. The average Bonchev–Trinajstić information content (AvgIpc) is 3.84. The monoisotopic (exact) mass is 683 g/mol. The molecule has 0 N–H and O–H groups in total. The maximum Gasteiger partial charge on any atom is 0.137 e. The Morgan fingerprint density at radius 3 is 2.00 bits per heavy atom. The number of benzene rings is 8. The van der Waals surface area contributed by atoms with E-state index in [4.69, 9.17) is 4.42 Å². The molecule has 3 heteroatoms. The minimum absolute atomic E-state index is 0.132. The normalized spacial score (nSPS) is 13.3. The quantitative estimate of drug-likeness (QED) is 0.184. The maximum atomic E-state index is 6.85. The molecule has 0 fully saturated rings. The van der Waals surface area contributed by atoms with Gasteiger partial charge in [0.15, 0.2) is 0 Å². The Bertz CT molecular complexity index is 3060. The largest absolute Gasteiger partial charge is 0.456 e. The van der Waals surface area contributed by atoms with Gasteiger partial charge in [-0.1, -0.05) is 129 Å². The smallest absolute Gasteiger partial charge is 0.137 e. The summed E-state index contributed by atoms with van der Waals surface area (Å²) in [6.45, 7) is 4.72. The third kappa shape index (κ3) is 4.11. The SMILES string of the molecule is CC1(C)c2ccccc2-c2ccc(N(c3cccc4sc5ccccc5c34)c3cccc4oc5cc(-c6ccccc6)c6ccccc6c5c34)cc21. The molecule has 0 saturated heterocycles. The van der Waals surface area contributed by atoms with Crippen molar-refractivity contribution >= 4 is 81.3 Å². The first-order valence-electron chi connectivity index (χ1n) is 17.9. The standard InChI is InChI=1S/C49H33NOS/c1-49(2)38-20-10-8-17-33(38)34-27-26-31(28-39(34)49)50(40-22-13-25-45-46(40)36-19-9-11-24-44(36)52-45)41-21-12-23-42-48(41)47-35-18-7-6-16-32(35)37(29-43(47)51-42)30-14-4-3-5-15-30/h3-29H,1-2H3. The molecule has 0 saturated carbocycles. The van der Waals surface area contributed by atoms with Crippen LogP contribution in [0.5, 0.6) is 0 Å². The number of thiophene rings is 1. The lowest BCUT2D eigenvalue weighted by Gasteiger charge is -2.29. The van der Waals surface area contributed by atoms with Gasteiger partial charge in [0.2, 0.25) is 0 Å². The molecular weight excluding hydrogens is 651 g/mol. The van der Waals surface area contributed by atoms with Crippen molar-refractivity contribution in [2.45, 2.75) is 19.3 Å². The van der Waals surface area contributed by atoms with Crippen molar-refractivity contribution in [1.82, 2.24) is 0 Å². The zero-order valence-corrected chi connectivity index (χ0v) is 29.7. The Morgan fingerprint density at radius 2 is 1.13 bits per heavy atom. The third-order valence-corrected chi connectivity index (χ3v) is 12.4. The topological polar surface area (TPSA) is 16.4 Å². The molecule has 2 aromatic heterocycles. The zero-order chi connectivity index (χ0) is 34.6. The molecule has 0 atom stereocenters. The summed E-state index contributed by atoms with van der Waals surface area (Å²) in [5.74, 6) is 0. The molecule has 0 radical (unpaired) electrons. The number of hydrogen-bond acceptors (Lipinski definition) is 3. The van der Waals surface area contributed by atoms with Crippen LogP contribution in [0.25, 0.3) is 75.1 Å². The van der Waals surface area contributed by atoms with Gasteiger partial charge in [-0.05, 0) is 92.7 Å². The molecule has 246 valence electrons. The van der Waals surface area contributed by atoms with Crippen molar-refractivity contribution < 1.29 is 4.42 Å². The highest BCUT2D eigenvalue weighted by atomic mass is 32.1. The van der Waals surface area contributed by atoms with Crippen LogP contribution in [0.4, 0.5) is 17.1 Å². The fourth-order valence-electron chi connectivity index (χ4n) is 8.89. The van der Waals surface area contributed by atoms with Crippen LogP contribution < -0.4 is 4.90 Å². The molecule has 2 heterocycles. The van der Waals surface area contributed by atoms with Gasteiger partial charge in [0, 0.05) is 36.7 Å². The van der Waals surface area contributed by atoms with Gasteiger partial charge in [0.1, 0.15) is 11.2 Å². The summed E-state index contributed by atoms with van der Waals surface area (Å²) in [6.07, 6.45) is 0. The van der Waals surface area contributed by atoms with E-state index in [2.05, 4.69) is 183 Å². The predicted molar refractivity (Wildman–Crippen MR) is 222 cm³/mol. The van der Waals surface area contributed by atoms with Crippen molar-refractivity contribution in [3.63, 3.8) is 0 Å². The predicted octanol–water partition coefficient (Wildman–Crippen LogP) is 14.6. The second-order valence-corrected chi connectivity index (χ2v) is 15.5. The summed E-state index contributed by atoms with van der Waals surface area (Å²) in [5.41, 5.74) is 12.8. The Morgan fingerprint density at radius 1 is 0.462 bits per heavy atom. The van der Waals surface area contributed by atoms with Gasteiger partial charge in [-0.2, -0.15) is 0 Å². The molecule has 10 aromatic rings. The average molecular weight is 684 g/mol. The van der Waals surface area contributed by atoms with Crippen LogP contribution in [0.3, 0.4) is 0 Å². The molecular formula is C49H33NOS. The number of rotatable bonds is 4. The van der Waals surface area contributed by atoms with E-state index in [1.165, 1.54) is 64.3 Å². The van der Waals surface area contributed by atoms with Crippen molar-refractivity contribution in [3.05, 3.63) is 175 Å². The number of nitrogens with zero attached hydrogens (tertiary/aromatic N) is 1. The first-order chi connectivity index (χ1) is 25.6. The summed E-state index contributed by atoms with van der Waals surface area (Å²) in [4.78, 5) is 2.50. The Kier molecular flexibility index (Phi) is 6.21. The summed E-state index contributed by atoms with van der Waals surface area (Å²) >= 11 is 1.86. The number of anilines is 3. The molecule has 1 aliphatic rings. The van der Waals surface area contributed by atoms with Crippen LogP contribution in [0.1, 0.15) is 25.0 Å². The van der Waals surface area contributed by atoms with E-state index in [1.807, 2.05) is 11.3 Å². The van der Waals surface area contributed by atoms with Gasteiger partial charge in [0.05, 0.1) is 16.8 Å². The second kappa shape index (κ2) is 10.9. The molecule has 11 rings (SSSR count). The minimum Gasteiger partial charge on any atom is -0.456 e. The van der Waals surface area contributed by atoms with E-state index in [0.29, 0.717) is 0 Å². The van der Waals surface area contributed by atoms with Gasteiger partial charge in [0.25, 0.3) is 0 Å². The van der Waals surface area contributed by atoms with Crippen molar-refractivity contribution in [3.8, 4) is 22.3 Å². The Labute approximate surface area is 305 Å². The van der Waals surface area contributed by atoms with E-state index in [0.717, 1.165) is 39.0 Å². The van der Waals surface area contributed by atoms with E-state index >= 15 is 0 Å². The molecule has 0 amide bonds. The number of hydrogen-bond donors (Lipinski definition) is 0. The first-order valence-corrected chi connectivity index (χ1v) is 18.7. The highest BCUT2D eigenvalue weighted by molar-refractivity contribution is 7.26. The minimum atomic E-state index is -0.132. The molecule has 1 aliphatic carbocycles. The molecule has 0 aliphatic heterocycles. The van der Waals surface area contributed by atoms with Crippen LogP contribution in [0.15, 0.2) is 168 Å². The maximum absolute atomic E-state index is 6.85. The van der Waals surface area contributed by atoms with E-state index in [1.54, 1.807) is 0 Å². The number of fused-ring (bicyclic) bond motifs is 11. The molecule has 0 spiro atoms. The summed E-state index contributed by atoms with van der Waals surface area (Å²) in [6, 6.07) is 59.8. The van der Waals surface area contributed by atoms with E-state index < -0.39 is 0 Å². The van der Waals surface area contributed by atoms with Gasteiger partial charge >= 0.3 is 0 Å². The van der Waals surface area contributed by atoms with Crippen molar-refractivity contribution in [2.75, 3.05) is 4.90 Å². The van der Waals surface area contributed by atoms with Crippen LogP contribution in [0, 0.1) is 0 Å². The Balaban J connectivity index is 1.25. The lowest BCUT2D eigenvalue weighted by atomic mass is 9.82. The van der Waals surface area contributed by atoms with Gasteiger partial charge in [-0.15, -0.1) is 11.3 Å². The van der Waals surface area contributed by atoms with Gasteiger partial charge in [-0.3, -0.25) is 0 Å². The van der Waals surface area contributed by atoms with Gasteiger partial charge in [-0.25, -0.2) is 0 Å². The van der Waals surface area contributed by atoms with Crippen molar-refractivity contribution in [2.24, 2.45) is 0 Å². The molecule has 2 nitrogen and oxygen atoms in total. The summed E-state index contributed by atoms with van der Waals surface area (Å²) < 4.78 is 9.42. The fraction of sp³-hybridized carbons (Fsp3) is 0.0612. The fourth-order valence-corrected chi connectivity index (χ4v) is 10.0. The lowest BCUT2D eigenvalue weighted by Crippen LogP contribution is -2.16. The van der Waals surface area contributed by atoms with Crippen LogP contribution >= 0.6 is 11.3 Å². The molecule has 52 heavy (non-hydrogen) atoms. The van der Waals surface area contributed by atoms with Crippen LogP contribution in [0.2, 0.25) is 0 Å². The number of furan rings is 1. The zero-order valence-electron chi connectivity index (χ0n) is 28.9. The van der Waals surface area contributed by atoms with E-state index in [9.17, 15) is 0 Å². The third-order valence-electron chi connectivity index (χ3n) is 11.3. The first kappa shape index (κ1) is 29.6. The van der Waals surface area contributed by atoms with Crippen LogP contribution in [-0.2, 0) is 5.41 Å².